The van der Waals surface area contributed by atoms with E-state index in [0.29, 0.717) is 6.14 Å². The van der Waals surface area contributed by atoms with Gasteiger partial charge in [-0.2, -0.15) is 0 Å². The van der Waals surface area contributed by atoms with E-state index < -0.39 is 68.0 Å². The Bertz CT molecular complexity index is 517. The number of benzene rings is 1. The number of aromatic hydroxyl groups is 1. The van der Waals surface area contributed by atoms with Gasteiger partial charge in [0.1, 0.15) is 0 Å². The summed E-state index contributed by atoms with van der Waals surface area (Å²) in [6.45, 7) is 2.52. The Balaban J connectivity index is 3.11. The molecule has 0 unspecified atom stereocenters. The number of hydrogen-bond acceptors (Lipinski definition) is 6. The summed E-state index contributed by atoms with van der Waals surface area (Å²) in [5.41, 5.74) is 0.00658. The van der Waals surface area contributed by atoms with Gasteiger partial charge in [0.05, 0.1) is 0 Å². The van der Waals surface area contributed by atoms with Gasteiger partial charge in [-0.1, -0.05) is 0 Å². The van der Waals surface area contributed by atoms with Crippen molar-refractivity contribution in [2.24, 2.45) is 0 Å². The average molecular weight is 655 g/mol. The minimum atomic E-state index is -2.37. The number of phenols is 1. The molecule has 1 aromatic carbocycles. The van der Waals surface area contributed by atoms with Crippen LogP contribution in [-0.4, -0.2) is 28.1 Å². The SMILES string of the molecule is CC(=O)[O][Hg][c]1cc(C(=O)O)c[c]([Hg][O]C(C)=O)c1O. The Morgan fingerprint density at radius 2 is 1.40 bits per heavy atom. The molecule has 100 valence electrons. The second kappa shape index (κ2) is 7.92. The van der Waals surface area contributed by atoms with Crippen LogP contribution < -0.4 is 6.14 Å². The number of phenolic OH excluding ortho intramolecular Hbond substituents is 1. The van der Waals surface area contributed by atoms with Crippen LogP contribution in [0.3, 0.4) is 0 Å². The molecule has 0 atom stereocenters. The van der Waals surface area contributed by atoms with Gasteiger partial charge in [0.15, 0.2) is 0 Å². The fourth-order valence-corrected chi connectivity index (χ4v) is 13.2. The first kappa shape index (κ1) is 17.4. The third kappa shape index (κ3) is 5.35. The molecule has 0 aliphatic carbocycles. The Labute approximate surface area is 140 Å². The van der Waals surface area contributed by atoms with Crippen molar-refractivity contribution in [2.75, 3.05) is 0 Å². The Morgan fingerprint density at radius 1 is 1.00 bits per heavy atom. The van der Waals surface area contributed by atoms with Gasteiger partial charge in [0.25, 0.3) is 0 Å². The second-order valence-corrected chi connectivity index (χ2v) is 14.4. The summed E-state index contributed by atoms with van der Waals surface area (Å²) in [5.74, 6) is -2.10. The van der Waals surface area contributed by atoms with Gasteiger partial charge < -0.3 is 0 Å². The first-order valence-corrected chi connectivity index (χ1v) is 15.6. The van der Waals surface area contributed by atoms with Crippen LogP contribution in [0.15, 0.2) is 12.1 Å². The van der Waals surface area contributed by atoms with Gasteiger partial charge in [0.2, 0.25) is 0 Å². The number of carboxylic acid groups (broad SMARTS) is 1. The molecule has 1 aromatic rings. The molecule has 9 heteroatoms. The first-order chi connectivity index (χ1) is 9.31. The Hall–Kier alpha value is -0.700. The number of aromatic carboxylic acids is 1. The average Bonchev–Trinajstić information content (AvgIpc) is 2.35. The Morgan fingerprint density at radius 3 is 1.70 bits per heavy atom. The van der Waals surface area contributed by atoms with Crippen LogP contribution in [0.4, 0.5) is 0 Å². The van der Waals surface area contributed by atoms with E-state index in [-0.39, 0.29) is 11.3 Å². The third-order valence-electron chi connectivity index (χ3n) is 2.38. The molecular weight excluding hydrogens is 645 g/mol. The molecule has 0 heterocycles. The molecule has 0 aliphatic heterocycles. The fourth-order valence-electron chi connectivity index (χ4n) is 1.46. The molecule has 20 heavy (non-hydrogen) atoms. The van der Waals surface area contributed by atoms with Gasteiger partial charge in [-0.15, -0.1) is 0 Å². The van der Waals surface area contributed by atoms with E-state index in [2.05, 4.69) is 0 Å². The van der Waals surface area contributed by atoms with Crippen molar-refractivity contribution in [3.8, 4) is 5.75 Å². The van der Waals surface area contributed by atoms with E-state index in [4.69, 9.17) is 10.4 Å². The van der Waals surface area contributed by atoms with Crippen molar-refractivity contribution in [1.29, 1.82) is 0 Å². The van der Waals surface area contributed by atoms with Crippen molar-refractivity contribution in [3.05, 3.63) is 17.7 Å². The van der Waals surface area contributed by atoms with Gasteiger partial charge in [0, 0.05) is 0 Å². The van der Waals surface area contributed by atoms with Crippen molar-refractivity contribution < 1.29 is 79.9 Å². The summed E-state index contributed by atoms with van der Waals surface area (Å²) in [7, 11) is 0. The van der Waals surface area contributed by atoms with Gasteiger partial charge in [-0.05, 0) is 0 Å². The summed E-state index contributed by atoms with van der Waals surface area (Å²) in [6, 6.07) is 2.65. The molecule has 7 nitrogen and oxygen atoms in total. The second-order valence-electron chi connectivity index (χ2n) is 4.01. The first-order valence-electron chi connectivity index (χ1n) is 5.66. The molecular formula is C11H10Hg2O7. The van der Waals surface area contributed by atoms with E-state index in [9.17, 15) is 19.5 Å². The summed E-state index contributed by atoms with van der Waals surface area (Å²) in [6.07, 6.45) is 0. The zero-order chi connectivity index (χ0) is 15.3. The van der Waals surface area contributed by atoms with E-state index in [1.54, 1.807) is 0 Å². The third-order valence-corrected chi connectivity index (χ3v) is 13.3. The predicted molar refractivity (Wildman–Crippen MR) is 57.9 cm³/mol. The van der Waals surface area contributed by atoms with Crippen LogP contribution in [0.5, 0.6) is 5.75 Å². The summed E-state index contributed by atoms with van der Waals surface area (Å²) in [4.78, 5) is 32.7. The fraction of sp³-hybridized carbons (Fsp3) is 0.182. The summed E-state index contributed by atoms with van der Waals surface area (Å²) >= 11 is -4.73. The van der Waals surface area contributed by atoms with Crippen LogP contribution in [0, 0.1) is 0 Å². The zero-order valence-electron chi connectivity index (χ0n) is 11.0. The molecule has 1 rings (SSSR count). The monoisotopic (exact) mass is 658 g/mol. The van der Waals surface area contributed by atoms with E-state index in [1.165, 1.54) is 26.0 Å². The molecule has 0 spiro atoms. The van der Waals surface area contributed by atoms with Crippen LogP contribution in [0.2, 0.25) is 0 Å². The number of hydrogen-bond donors (Lipinski definition) is 2. The molecule has 0 aromatic heterocycles. The molecule has 0 saturated heterocycles. The van der Waals surface area contributed by atoms with E-state index in [1.807, 2.05) is 0 Å². The molecule has 0 amide bonds. The number of rotatable bonds is 5. The van der Waals surface area contributed by atoms with E-state index >= 15 is 0 Å². The van der Waals surface area contributed by atoms with Crippen LogP contribution >= 0.6 is 0 Å². The number of carbonyl (C=O) groups excluding carboxylic acids is 2. The standard InChI is InChI=1S/C7H4O3.2C2H4O2.2Hg/c8-6-3-1-5(2-4-6)7(9)10;2*1-2(3)4;;/h1-2,8H,(H,9,10);2*1H3,(H,3,4);;/q;;;2*+1/p-2. The summed E-state index contributed by atoms with van der Waals surface area (Å²) in [5, 5.41) is 19.1. The predicted octanol–water partition coefficient (Wildman–Crippen LogP) is -0.538. The van der Waals surface area contributed by atoms with Gasteiger partial charge in [-0.25, -0.2) is 0 Å². The Kier molecular flexibility index (Phi) is 6.87. The topological polar surface area (TPSA) is 110 Å². The molecule has 2 N–H and O–H groups in total. The molecule has 0 bridgehead atoms. The maximum absolute atomic E-state index is 11.0. The van der Waals surface area contributed by atoms with Gasteiger partial charge >= 0.3 is 141 Å². The van der Waals surface area contributed by atoms with Gasteiger partial charge in [-0.3, -0.25) is 0 Å². The number of carboxylic acids is 1. The zero-order valence-corrected chi connectivity index (χ0v) is 22.0. The normalized spacial score (nSPS) is 9.10. The van der Waals surface area contributed by atoms with Crippen LogP contribution in [0.25, 0.3) is 0 Å². The van der Waals surface area contributed by atoms with E-state index in [0.717, 1.165) is 0 Å². The minimum absolute atomic E-state index is 0.00658. The number of carbonyl (C=O) groups is 3. The van der Waals surface area contributed by atoms with Crippen molar-refractivity contribution >= 4 is 24.1 Å². The molecule has 0 saturated carbocycles. The molecule has 0 radical (unpaired) electrons. The van der Waals surface area contributed by atoms with Crippen molar-refractivity contribution in [3.63, 3.8) is 0 Å². The van der Waals surface area contributed by atoms with Crippen LogP contribution in [0.1, 0.15) is 24.2 Å². The molecule has 0 fully saturated rings. The summed E-state index contributed by atoms with van der Waals surface area (Å²) < 4.78 is 10.8. The van der Waals surface area contributed by atoms with Crippen LogP contribution in [-0.2, 0) is 64.9 Å². The van der Waals surface area contributed by atoms with Crippen molar-refractivity contribution in [2.45, 2.75) is 13.8 Å². The quantitative estimate of drug-likeness (QED) is 0.411. The van der Waals surface area contributed by atoms with Crippen molar-refractivity contribution in [1.82, 2.24) is 0 Å². The molecule has 0 aliphatic rings. The maximum atomic E-state index is 11.0.